The van der Waals surface area contributed by atoms with Crippen molar-refractivity contribution in [2.45, 2.75) is 0 Å². The Morgan fingerprint density at radius 1 is 0.422 bits per heavy atom. The molecule has 0 saturated carbocycles. The minimum Gasteiger partial charge on any atom is -0.256 e. The highest BCUT2D eigenvalue weighted by Gasteiger charge is 2.15. The van der Waals surface area contributed by atoms with Crippen LogP contribution in [0.25, 0.3) is 86.9 Å². The van der Waals surface area contributed by atoms with Crippen LogP contribution in [0, 0.1) is 0 Å². The van der Waals surface area contributed by atoms with Gasteiger partial charge in [-0.1, -0.05) is 84.9 Å². The average Bonchev–Trinajstić information content (AvgIpc) is 3.55. The fourth-order valence-corrected chi connectivity index (χ4v) is 7.08. The summed E-state index contributed by atoms with van der Waals surface area (Å²) < 4.78 is 1.17. The van der Waals surface area contributed by atoms with E-state index in [1.54, 1.807) is 11.3 Å². The van der Waals surface area contributed by atoms with Crippen LogP contribution < -0.4 is 0 Å². The third-order valence-electron chi connectivity index (χ3n) is 8.40. The van der Waals surface area contributed by atoms with Gasteiger partial charge >= 0.3 is 0 Å². The molecule has 45 heavy (non-hydrogen) atoms. The van der Waals surface area contributed by atoms with E-state index in [0.29, 0.717) is 0 Å². The van der Waals surface area contributed by atoms with E-state index in [4.69, 9.17) is 15.0 Å². The molecule has 5 heteroatoms. The number of thiazole rings is 1. The van der Waals surface area contributed by atoms with Crippen LogP contribution in [0.1, 0.15) is 0 Å². The summed E-state index contributed by atoms with van der Waals surface area (Å²) in [6, 6.07) is 44.6. The van der Waals surface area contributed by atoms with E-state index in [1.165, 1.54) is 4.70 Å². The van der Waals surface area contributed by atoms with Gasteiger partial charge in [-0.2, -0.15) is 0 Å². The van der Waals surface area contributed by atoms with Crippen molar-refractivity contribution < 1.29 is 0 Å². The Bertz CT molecular complexity index is 2550. The predicted molar refractivity (Wildman–Crippen MR) is 187 cm³/mol. The van der Waals surface area contributed by atoms with Crippen LogP contribution in [0.3, 0.4) is 0 Å². The smallest absolute Gasteiger partial charge is 0.124 e. The second kappa shape index (κ2) is 10.4. The number of hydrogen-bond donors (Lipinski definition) is 0. The minimum atomic E-state index is 0.916. The van der Waals surface area contributed by atoms with Crippen molar-refractivity contribution in [3.63, 3.8) is 0 Å². The molecule has 9 rings (SSSR count). The summed E-state index contributed by atoms with van der Waals surface area (Å²) >= 11 is 1.72. The molecule has 0 radical (unpaired) electrons. The zero-order valence-corrected chi connectivity index (χ0v) is 24.9. The molecule has 0 saturated heterocycles. The molecule has 0 aliphatic carbocycles. The van der Waals surface area contributed by atoms with Crippen molar-refractivity contribution in [3.8, 4) is 44.0 Å². The van der Waals surface area contributed by atoms with Gasteiger partial charge in [-0.3, -0.25) is 15.0 Å². The van der Waals surface area contributed by atoms with E-state index in [1.807, 2.05) is 36.8 Å². The van der Waals surface area contributed by atoms with Gasteiger partial charge in [0.25, 0.3) is 0 Å². The molecule has 9 aromatic rings. The number of benzene rings is 5. The lowest BCUT2D eigenvalue weighted by molar-refractivity contribution is 1.37. The van der Waals surface area contributed by atoms with Crippen LogP contribution in [0.15, 0.2) is 146 Å². The number of hydrogen-bond acceptors (Lipinski definition) is 5. The van der Waals surface area contributed by atoms with E-state index >= 15 is 0 Å². The fraction of sp³-hybridized carbons (Fsp3) is 0. The standard InChI is InChI=1S/C40H24N4S/c1-2-7-26(8-3-1)40-44-36-22-28(15-17-37(36)45-40)34-21-27(14-16-33(34)32-19-29-9-4-5-11-35(29)42-24-32)31-20-30-13-12-25-10-6-18-41-38(25)39(30)43-23-31/h1-24H. The Morgan fingerprint density at radius 2 is 1.20 bits per heavy atom. The third-order valence-corrected chi connectivity index (χ3v) is 9.48. The lowest BCUT2D eigenvalue weighted by Gasteiger charge is -2.14. The zero-order valence-electron chi connectivity index (χ0n) is 24.1. The largest absolute Gasteiger partial charge is 0.256 e. The Morgan fingerprint density at radius 3 is 2.16 bits per heavy atom. The normalized spacial score (nSPS) is 11.6. The quantitative estimate of drug-likeness (QED) is 0.191. The number of aromatic nitrogens is 4. The van der Waals surface area contributed by atoms with Gasteiger partial charge < -0.3 is 0 Å². The summed E-state index contributed by atoms with van der Waals surface area (Å²) in [4.78, 5) is 19.3. The second-order valence-electron chi connectivity index (χ2n) is 11.2. The maximum absolute atomic E-state index is 5.04. The summed E-state index contributed by atoms with van der Waals surface area (Å²) in [5.41, 5.74) is 11.6. The Kier molecular flexibility index (Phi) is 5.96. The third kappa shape index (κ3) is 4.53. The highest BCUT2D eigenvalue weighted by molar-refractivity contribution is 7.21. The molecular formula is C40H24N4S. The number of para-hydroxylation sites is 1. The summed E-state index contributed by atoms with van der Waals surface area (Å²) in [5.74, 6) is 0. The molecule has 5 aromatic carbocycles. The molecule has 0 aliphatic rings. The van der Waals surface area contributed by atoms with E-state index in [0.717, 1.165) is 82.2 Å². The maximum atomic E-state index is 5.04. The van der Waals surface area contributed by atoms with Crippen LogP contribution in [-0.2, 0) is 0 Å². The van der Waals surface area contributed by atoms with Gasteiger partial charge in [0.2, 0.25) is 0 Å². The number of rotatable bonds is 4. The van der Waals surface area contributed by atoms with E-state index < -0.39 is 0 Å². The molecule has 0 bridgehead atoms. The van der Waals surface area contributed by atoms with Crippen molar-refractivity contribution in [2.24, 2.45) is 0 Å². The summed E-state index contributed by atoms with van der Waals surface area (Å²) in [5, 5.41) is 4.31. The van der Waals surface area contributed by atoms with Crippen LogP contribution in [0.5, 0.6) is 0 Å². The molecule has 0 amide bonds. The summed E-state index contributed by atoms with van der Waals surface area (Å²) in [6.07, 6.45) is 5.76. The fourth-order valence-electron chi connectivity index (χ4n) is 6.13. The molecule has 0 aliphatic heterocycles. The van der Waals surface area contributed by atoms with Gasteiger partial charge in [0.1, 0.15) is 5.01 Å². The van der Waals surface area contributed by atoms with Crippen molar-refractivity contribution >= 4 is 54.3 Å². The van der Waals surface area contributed by atoms with Crippen molar-refractivity contribution in [1.82, 2.24) is 19.9 Å². The first-order valence-corrected chi connectivity index (χ1v) is 15.7. The molecule has 4 heterocycles. The lowest BCUT2D eigenvalue weighted by atomic mass is 9.91. The van der Waals surface area contributed by atoms with Crippen LogP contribution in [0.2, 0.25) is 0 Å². The first-order chi connectivity index (χ1) is 22.3. The van der Waals surface area contributed by atoms with Crippen LogP contribution in [0.4, 0.5) is 0 Å². The predicted octanol–water partition coefficient (Wildman–Crippen LogP) is 10.6. The molecule has 0 fully saturated rings. The summed E-state index contributed by atoms with van der Waals surface area (Å²) in [7, 11) is 0. The summed E-state index contributed by atoms with van der Waals surface area (Å²) in [6.45, 7) is 0. The first kappa shape index (κ1) is 25.7. The molecule has 0 spiro atoms. The van der Waals surface area contributed by atoms with Crippen LogP contribution >= 0.6 is 11.3 Å². The van der Waals surface area contributed by atoms with Crippen molar-refractivity contribution in [3.05, 3.63) is 146 Å². The van der Waals surface area contributed by atoms with E-state index in [-0.39, 0.29) is 0 Å². The van der Waals surface area contributed by atoms with Gasteiger partial charge in [-0.05, 0) is 64.7 Å². The highest BCUT2D eigenvalue weighted by atomic mass is 32.1. The number of nitrogens with zero attached hydrogens (tertiary/aromatic N) is 4. The lowest BCUT2D eigenvalue weighted by Crippen LogP contribution is -1.91. The second-order valence-corrected chi connectivity index (χ2v) is 12.2. The molecule has 0 atom stereocenters. The average molecular weight is 593 g/mol. The van der Waals surface area contributed by atoms with Gasteiger partial charge in [-0.25, -0.2) is 4.98 Å². The van der Waals surface area contributed by atoms with E-state index in [9.17, 15) is 0 Å². The van der Waals surface area contributed by atoms with Crippen LogP contribution in [-0.4, -0.2) is 19.9 Å². The van der Waals surface area contributed by atoms with Gasteiger partial charge in [0, 0.05) is 51.4 Å². The topological polar surface area (TPSA) is 51.6 Å². The van der Waals surface area contributed by atoms with Gasteiger partial charge in [-0.15, -0.1) is 11.3 Å². The van der Waals surface area contributed by atoms with Gasteiger partial charge in [0.05, 0.1) is 26.8 Å². The Labute approximate surface area is 263 Å². The molecule has 4 aromatic heterocycles. The van der Waals surface area contributed by atoms with Crippen molar-refractivity contribution in [1.29, 1.82) is 0 Å². The zero-order chi connectivity index (χ0) is 29.7. The number of pyridine rings is 3. The van der Waals surface area contributed by atoms with Crippen molar-refractivity contribution in [2.75, 3.05) is 0 Å². The minimum absolute atomic E-state index is 0.916. The molecule has 210 valence electrons. The monoisotopic (exact) mass is 592 g/mol. The molecular weight excluding hydrogens is 569 g/mol. The maximum Gasteiger partial charge on any atom is 0.124 e. The first-order valence-electron chi connectivity index (χ1n) is 14.9. The molecule has 0 N–H and O–H groups in total. The Balaban J connectivity index is 1.22. The number of fused-ring (bicyclic) bond motifs is 5. The SMILES string of the molecule is c1ccc(-c2nc3cc(-c4cc(-c5cnc6c(ccc7cccnc76)c5)ccc4-c4cnc5ccccc5c4)ccc3s2)cc1. The molecule has 0 unspecified atom stereocenters. The molecule has 4 nitrogen and oxygen atoms in total. The highest BCUT2D eigenvalue weighted by Crippen LogP contribution is 2.39. The van der Waals surface area contributed by atoms with E-state index in [2.05, 4.69) is 114 Å². The Hall–Kier alpha value is -5.78. The van der Waals surface area contributed by atoms with Gasteiger partial charge in [0.15, 0.2) is 0 Å².